The van der Waals surface area contributed by atoms with Crippen LogP contribution in [0.3, 0.4) is 0 Å². The molecule has 0 unspecified atom stereocenters. The van der Waals surface area contributed by atoms with E-state index in [2.05, 4.69) is 38.4 Å². The molecule has 1 heterocycles. The second kappa shape index (κ2) is 8.82. The molecule has 1 saturated heterocycles. The lowest BCUT2D eigenvalue weighted by Crippen LogP contribution is -2.58. The predicted molar refractivity (Wildman–Crippen MR) is 113 cm³/mol. The first kappa shape index (κ1) is 20.5. The van der Waals surface area contributed by atoms with Crippen LogP contribution < -0.4 is 20.4 Å². The zero-order chi connectivity index (χ0) is 21.0. The molecule has 2 aromatic rings. The number of barbiturate groups is 1. The lowest BCUT2D eigenvalue weighted by atomic mass is 10.1. The largest absolute Gasteiger partial charge is 0.497 e. The predicted octanol–water partition coefficient (Wildman–Crippen LogP) is 1.91. The monoisotopic (exact) mass is 506 g/mol. The lowest BCUT2D eigenvalue weighted by Gasteiger charge is -2.28. The average molecular weight is 506 g/mol. The van der Waals surface area contributed by atoms with E-state index in [1.807, 2.05) is 0 Å². The Bertz CT molecular complexity index is 989. The van der Waals surface area contributed by atoms with Crippen LogP contribution in [0.4, 0.5) is 10.5 Å². The van der Waals surface area contributed by atoms with Gasteiger partial charge in [0, 0.05) is 15.3 Å². The molecule has 5 amide bonds. The molecule has 0 bridgehead atoms. The SMILES string of the molecule is COc1ccc(C(=O)N/N=C\[C@H]2C(=O)NC(=O)N(c3ccc(I)cc3)C2=O)cc1. The molecule has 3 rings (SSSR count). The number of rotatable bonds is 5. The summed E-state index contributed by atoms with van der Waals surface area (Å²) < 4.78 is 5.94. The summed E-state index contributed by atoms with van der Waals surface area (Å²) in [4.78, 5) is 49.8. The fraction of sp³-hybridized carbons (Fsp3) is 0.105. The zero-order valence-electron chi connectivity index (χ0n) is 15.1. The van der Waals surface area contributed by atoms with Crippen molar-refractivity contribution in [2.75, 3.05) is 12.0 Å². The van der Waals surface area contributed by atoms with Gasteiger partial charge in [0.25, 0.3) is 11.8 Å². The first-order chi connectivity index (χ1) is 13.9. The third-order valence-electron chi connectivity index (χ3n) is 4.03. The Kier molecular flexibility index (Phi) is 6.22. The van der Waals surface area contributed by atoms with E-state index in [1.54, 1.807) is 48.5 Å². The smallest absolute Gasteiger partial charge is 0.335 e. The topological polar surface area (TPSA) is 117 Å². The molecule has 29 heavy (non-hydrogen) atoms. The molecular formula is C19H15IN4O5. The van der Waals surface area contributed by atoms with Crippen LogP contribution in [-0.2, 0) is 9.59 Å². The van der Waals surface area contributed by atoms with Crippen LogP contribution in [0.25, 0.3) is 0 Å². The minimum atomic E-state index is -1.36. The van der Waals surface area contributed by atoms with Gasteiger partial charge in [0.1, 0.15) is 5.75 Å². The molecule has 1 aliphatic rings. The summed E-state index contributed by atoms with van der Waals surface area (Å²) in [5.74, 6) is -2.87. The number of hydrogen-bond acceptors (Lipinski definition) is 6. The van der Waals surface area contributed by atoms with Crippen molar-refractivity contribution < 1.29 is 23.9 Å². The van der Waals surface area contributed by atoms with Gasteiger partial charge in [-0.3, -0.25) is 19.7 Å². The number of nitrogens with one attached hydrogen (secondary N) is 2. The summed E-state index contributed by atoms with van der Waals surface area (Å²) in [5.41, 5.74) is 2.89. The van der Waals surface area contributed by atoms with Crippen molar-refractivity contribution in [1.29, 1.82) is 0 Å². The van der Waals surface area contributed by atoms with Crippen LogP contribution >= 0.6 is 22.6 Å². The van der Waals surface area contributed by atoms with Crippen molar-refractivity contribution in [1.82, 2.24) is 10.7 Å². The number of amides is 5. The second-order valence-corrected chi connectivity index (χ2v) is 7.12. The molecule has 0 radical (unpaired) electrons. The number of nitrogens with zero attached hydrogens (tertiary/aromatic N) is 2. The fourth-order valence-electron chi connectivity index (χ4n) is 2.53. The van der Waals surface area contributed by atoms with E-state index in [4.69, 9.17) is 4.74 Å². The molecule has 0 aromatic heterocycles. The summed E-state index contributed by atoms with van der Waals surface area (Å²) in [7, 11) is 1.51. The molecule has 1 atom stereocenters. The third-order valence-corrected chi connectivity index (χ3v) is 4.75. The summed E-state index contributed by atoms with van der Waals surface area (Å²) >= 11 is 2.09. The number of hydrogen-bond donors (Lipinski definition) is 2. The fourth-order valence-corrected chi connectivity index (χ4v) is 2.89. The van der Waals surface area contributed by atoms with Crippen LogP contribution in [0, 0.1) is 9.49 Å². The van der Waals surface area contributed by atoms with Crippen LogP contribution in [0.15, 0.2) is 53.6 Å². The Morgan fingerprint density at radius 1 is 1.14 bits per heavy atom. The molecule has 9 nitrogen and oxygen atoms in total. The van der Waals surface area contributed by atoms with E-state index < -0.39 is 29.7 Å². The van der Waals surface area contributed by atoms with Gasteiger partial charge in [-0.2, -0.15) is 5.10 Å². The molecule has 0 aliphatic carbocycles. The number of anilines is 1. The summed E-state index contributed by atoms with van der Waals surface area (Å²) in [5, 5.41) is 5.82. The average Bonchev–Trinajstić information content (AvgIpc) is 2.71. The van der Waals surface area contributed by atoms with Crippen molar-refractivity contribution in [3.05, 3.63) is 57.7 Å². The Hall–Kier alpha value is -3.28. The van der Waals surface area contributed by atoms with Gasteiger partial charge >= 0.3 is 6.03 Å². The molecule has 1 fully saturated rings. The molecule has 2 N–H and O–H groups in total. The van der Waals surface area contributed by atoms with Gasteiger partial charge in [-0.05, 0) is 71.1 Å². The zero-order valence-corrected chi connectivity index (χ0v) is 17.2. The third kappa shape index (κ3) is 4.59. The second-order valence-electron chi connectivity index (χ2n) is 5.87. The maximum Gasteiger partial charge on any atom is 0.335 e. The number of hydrazone groups is 1. The van der Waals surface area contributed by atoms with Crippen LogP contribution in [0.5, 0.6) is 5.75 Å². The summed E-state index contributed by atoms with van der Waals surface area (Å²) in [6, 6.07) is 12.1. The van der Waals surface area contributed by atoms with E-state index in [1.165, 1.54) is 7.11 Å². The Morgan fingerprint density at radius 2 is 1.79 bits per heavy atom. The summed E-state index contributed by atoms with van der Waals surface area (Å²) in [6.07, 6.45) is 0.991. The highest BCUT2D eigenvalue weighted by Gasteiger charge is 2.40. The van der Waals surface area contributed by atoms with Gasteiger partial charge in [0.2, 0.25) is 5.91 Å². The molecule has 0 spiro atoms. The highest BCUT2D eigenvalue weighted by atomic mass is 127. The molecule has 2 aromatic carbocycles. The Balaban J connectivity index is 1.72. The van der Waals surface area contributed by atoms with E-state index in [0.717, 1.165) is 14.7 Å². The van der Waals surface area contributed by atoms with E-state index in [0.29, 0.717) is 17.0 Å². The van der Waals surface area contributed by atoms with E-state index in [-0.39, 0.29) is 0 Å². The number of imide groups is 2. The van der Waals surface area contributed by atoms with Gasteiger partial charge in [0.05, 0.1) is 12.8 Å². The highest BCUT2D eigenvalue weighted by Crippen LogP contribution is 2.21. The number of carbonyl (C=O) groups excluding carboxylic acids is 4. The number of carbonyl (C=O) groups is 4. The van der Waals surface area contributed by atoms with Gasteiger partial charge in [-0.25, -0.2) is 15.1 Å². The van der Waals surface area contributed by atoms with Crippen LogP contribution in [0.2, 0.25) is 0 Å². The number of halogens is 1. The molecule has 148 valence electrons. The molecular weight excluding hydrogens is 491 g/mol. The molecule has 0 saturated carbocycles. The normalized spacial score (nSPS) is 16.7. The molecule has 10 heteroatoms. The van der Waals surface area contributed by atoms with Crippen LogP contribution in [-0.4, -0.2) is 37.1 Å². The minimum Gasteiger partial charge on any atom is -0.497 e. The Morgan fingerprint density at radius 3 is 2.41 bits per heavy atom. The quantitative estimate of drug-likeness (QED) is 0.278. The van der Waals surface area contributed by atoms with E-state index >= 15 is 0 Å². The number of methoxy groups -OCH3 is 1. The highest BCUT2D eigenvalue weighted by molar-refractivity contribution is 14.1. The standard InChI is InChI=1S/C19H15IN4O5/c1-29-14-8-2-11(3-9-14)16(25)23-21-10-15-17(26)22-19(28)24(18(15)27)13-6-4-12(20)5-7-13/h2-10,15H,1H3,(H,23,25)(H,22,26,28)/b21-10-/t15-/m0/s1. The first-order valence-corrected chi connectivity index (χ1v) is 9.40. The van der Waals surface area contributed by atoms with Crippen molar-refractivity contribution in [3.8, 4) is 5.75 Å². The van der Waals surface area contributed by atoms with Crippen LogP contribution in [0.1, 0.15) is 10.4 Å². The number of benzene rings is 2. The molecule has 1 aliphatic heterocycles. The van der Waals surface area contributed by atoms with Gasteiger partial charge < -0.3 is 4.74 Å². The van der Waals surface area contributed by atoms with Gasteiger partial charge in [0.15, 0.2) is 5.92 Å². The lowest BCUT2D eigenvalue weighted by molar-refractivity contribution is -0.131. The van der Waals surface area contributed by atoms with Gasteiger partial charge in [-0.1, -0.05) is 0 Å². The van der Waals surface area contributed by atoms with Crippen molar-refractivity contribution in [2.45, 2.75) is 0 Å². The van der Waals surface area contributed by atoms with Gasteiger partial charge in [-0.15, -0.1) is 0 Å². The van der Waals surface area contributed by atoms with Crippen molar-refractivity contribution in [3.63, 3.8) is 0 Å². The first-order valence-electron chi connectivity index (χ1n) is 8.32. The number of urea groups is 1. The van der Waals surface area contributed by atoms with Crippen molar-refractivity contribution >= 4 is 58.2 Å². The maximum atomic E-state index is 12.7. The Labute approximate surface area is 179 Å². The van der Waals surface area contributed by atoms with E-state index in [9.17, 15) is 19.2 Å². The van der Waals surface area contributed by atoms with Crippen molar-refractivity contribution in [2.24, 2.45) is 11.0 Å². The number of ether oxygens (including phenoxy) is 1. The maximum absolute atomic E-state index is 12.7. The summed E-state index contributed by atoms with van der Waals surface area (Å²) in [6.45, 7) is 0. The minimum absolute atomic E-state index is 0.318.